The van der Waals surface area contributed by atoms with Gasteiger partial charge >= 0.3 is 18.0 Å². The fraction of sp³-hybridized carbons (Fsp3) is 0.500. The Labute approximate surface area is 78.7 Å². The highest BCUT2D eigenvalue weighted by Crippen LogP contribution is 1.85. The van der Waals surface area contributed by atoms with E-state index >= 15 is 0 Å². The van der Waals surface area contributed by atoms with Crippen LogP contribution < -0.4 is 5.32 Å². The molecule has 0 aromatic carbocycles. The molecule has 0 saturated heterocycles. The quantitative estimate of drug-likeness (QED) is 0.397. The number of aliphatic carboxylic acids is 2. The van der Waals surface area contributed by atoms with Crippen molar-refractivity contribution >= 4 is 18.0 Å². The number of carbonyl (C=O) groups is 3. The van der Waals surface area contributed by atoms with Gasteiger partial charge in [-0.05, 0) is 0 Å². The van der Waals surface area contributed by atoms with Crippen molar-refractivity contribution in [3.8, 4) is 0 Å². The lowest BCUT2D eigenvalue weighted by Crippen LogP contribution is -2.42. The fourth-order valence-corrected chi connectivity index (χ4v) is 0.730. The highest BCUT2D eigenvalue weighted by Gasteiger charge is 2.13. The first kappa shape index (κ1) is 12.2. The molecule has 0 bridgehead atoms. The third-order valence-electron chi connectivity index (χ3n) is 1.17. The molecule has 80 valence electrons. The minimum absolute atomic E-state index is 0.339. The van der Waals surface area contributed by atoms with Gasteiger partial charge in [0.05, 0.1) is 19.8 Å². The predicted molar refractivity (Wildman–Crippen MR) is 42.9 cm³/mol. The smallest absolute Gasteiger partial charge is 0.405 e. The molecular weight excluding hydrogens is 196 g/mol. The van der Waals surface area contributed by atoms with E-state index in [2.05, 4.69) is 0 Å². The average Bonchev–Trinajstić information content (AvgIpc) is 1.97. The number of carboxylic acids is 2. The van der Waals surface area contributed by atoms with Crippen LogP contribution in [0.3, 0.4) is 0 Å². The molecule has 0 unspecified atom stereocenters. The number of hydrogen-bond acceptors (Lipinski definition) is 4. The summed E-state index contributed by atoms with van der Waals surface area (Å²) < 4.78 is 0. The van der Waals surface area contributed by atoms with Gasteiger partial charge in [0.1, 0.15) is 0 Å². The molecule has 0 aliphatic heterocycles. The van der Waals surface area contributed by atoms with E-state index < -0.39 is 31.1 Å². The maximum Gasteiger partial charge on any atom is 0.405 e. The van der Waals surface area contributed by atoms with E-state index in [0.29, 0.717) is 0 Å². The zero-order valence-corrected chi connectivity index (χ0v) is 7.13. The molecule has 0 fully saturated rings. The minimum atomic E-state index is -1.34. The summed E-state index contributed by atoms with van der Waals surface area (Å²) in [6.07, 6.45) is -1.34. The molecule has 0 spiro atoms. The highest BCUT2D eigenvalue weighted by molar-refractivity contribution is 5.72. The molecule has 0 aromatic rings. The summed E-state index contributed by atoms with van der Waals surface area (Å²) in [4.78, 5) is 31.4. The summed E-state index contributed by atoms with van der Waals surface area (Å²) in [6, 6.07) is 0. The molecule has 0 heterocycles. The second kappa shape index (κ2) is 5.75. The number of nitrogens with one attached hydrogen (secondary N) is 1. The van der Waals surface area contributed by atoms with E-state index in [1.807, 2.05) is 5.32 Å². The predicted octanol–water partition coefficient (Wildman–Crippen LogP) is -1.32. The van der Waals surface area contributed by atoms with Gasteiger partial charge in [0, 0.05) is 0 Å². The third kappa shape index (κ3) is 6.85. The molecule has 1 amide bonds. The third-order valence-corrected chi connectivity index (χ3v) is 1.17. The maximum absolute atomic E-state index is 10.2. The molecule has 0 aromatic heterocycles. The van der Waals surface area contributed by atoms with Gasteiger partial charge in [0.15, 0.2) is 0 Å². The SMILES string of the molecule is O=C(O)CN(CNC(=O)O)CC(=O)O. The Morgan fingerprint density at radius 2 is 1.43 bits per heavy atom. The van der Waals surface area contributed by atoms with Gasteiger partial charge < -0.3 is 20.6 Å². The molecule has 4 N–H and O–H groups in total. The van der Waals surface area contributed by atoms with Crippen molar-refractivity contribution in [1.29, 1.82) is 0 Å². The van der Waals surface area contributed by atoms with Crippen LogP contribution in [0.4, 0.5) is 4.79 Å². The zero-order valence-electron chi connectivity index (χ0n) is 7.13. The molecule has 0 aliphatic rings. The fourth-order valence-electron chi connectivity index (χ4n) is 0.730. The van der Waals surface area contributed by atoms with Crippen LogP contribution in [-0.4, -0.2) is 58.0 Å². The molecular formula is C6H10N2O6. The van der Waals surface area contributed by atoms with E-state index in [1.165, 1.54) is 0 Å². The Morgan fingerprint density at radius 3 is 1.71 bits per heavy atom. The summed E-state index contributed by atoms with van der Waals surface area (Å²) in [5.41, 5.74) is 0. The van der Waals surface area contributed by atoms with Crippen LogP contribution >= 0.6 is 0 Å². The zero-order chi connectivity index (χ0) is 11.1. The lowest BCUT2D eigenvalue weighted by atomic mass is 10.5. The van der Waals surface area contributed by atoms with Gasteiger partial charge in [-0.3, -0.25) is 14.5 Å². The average molecular weight is 206 g/mol. The van der Waals surface area contributed by atoms with E-state index in [4.69, 9.17) is 15.3 Å². The lowest BCUT2D eigenvalue weighted by Gasteiger charge is -2.16. The summed E-state index contributed by atoms with van der Waals surface area (Å²) in [6.45, 7) is -1.41. The van der Waals surface area contributed by atoms with Gasteiger partial charge in [0.25, 0.3) is 0 Å². The van der Waals surface area contributed by atoms with Crippen molar-refractivity contribution in [2.45, 2.75) is 0 Å². The summed E-state index contributed by atoms with van der Waals surface area (Å²) >= 11 is 0. The summed E-state index contributed by atoms with van der Waals surface area (Å²) in [5, 5.41) is 26.8. The highest BCUT2D eigenvalue weighted by atomic mass is 16.4. The van der Waals surface area contributed by atoms with Crippen LogP contribution in [0.15, 0.2) is 0 Å². The molecule has 14 heavy (non-hydrogen) atoms. The normalized spacial score (nSPS) is 9.79. The molecule has 0 radical (unpaired) electrons. The van der Waals surface area contributed by atoms with Crippen LogP contribution in [0, 0.1) is 0 Å². The minimum Gasteiger partial charge on any atom is -0.480 e. The first-order chi connectivity index (χ1) is 6.41. The molecule has 0 saturated carbocycles. The standard InChI is InChI=1S/C6H10N2O6/c9-4(10)1-8(2-5(11)12)3-7-6(13)14/h7H,1-3H2,(H,9,10)(H,11,12)(H,13,14). The summed E-state index contributed by atoms with van der Waals surface area (Å²) in [5.74, 6) is -2.45. The topological polar surface area (TPSA) is 127 Å². The monoisotopic (exact) mass is 206 g/mol. The molecule has 0 rings (SSSR count). The first-order valence-electron chi connectivity index (χ1n) is 3.54. The van der Waals surface area contributed by atoms with Crippen molar-refractivity contribution in [1.82, 2.24) is 10.2 Å². The van der Waals surface area contributed by atoms with Crippen LogP contribution in [0.5, 0.6) is 0 Å². The van der Waals surface area contributed by atoms with E-state index in [-0.39, 0.29) is 6.67 Å². The van der Waals surface area contributed by atoms with E-state index in [1.54, 1.807) is 0 Å². The van der Waals surface area contributed by atoms with Crippen LogP contribution in [0.2, 0.25) is 0 Å². The van der Waals surface area contributed by atoms with Crippen LogP contribution in [0.1, 0.15) is 0 Å². The van der Waals surface area contributed by atoms with Crippen molar-refractivity contribution in [3.63, 3.8) is 0 Å². The molecule has 0 atom stereocenters. The second-order valence-electron chi connectivity index (χ2n) is 2.41. The van der Waals surface area contributed by atoms with Gasteiger partial charge in [-0.15, -0.1) is 0 Å². The van der Waals surface area contributed by atoms with Gasteiger partial charge in [-0.2, -0.15) is 0 Å². The number of amides is 1. The Balaban J connectivity index is 4.03. The van der Waals surface area contributed by atoms with Crippen LogP contribution in [-0.2, 0) is 9.59 Å². The summed E-state index contributed by atoms with van der Waals surface area (Å²) in [7, 11) is 0. The lowest BCUT2D eigenvalue weighted by molar-refractivity contribution is -0.141. The second-order valence-corrected chi connectivity index (χ2v) is 2.41. The van der Waals surface area contributed by atoms with Gasteiger partial charge in [-0.1, -0.05) is 0 Å². The Bertz CT molecular complexity index is 224. The van der Waals surface area contributed by atoms with Crippen LogP contribution in [0.25, 0.3) is 0 Å². The van der Waals surface area contributed by atoms with Crippen molar-refractivity contribution in [2.75, 3.05) is 19.8 Å². The van der Waals surface area contributed by atoms with Gasteiger partial charge in [0.2, 0.25) is 0 Å². The number of nitrogens with zero attached hydrogens (tertiary/aromatic N) is 1. The maximum atomic E-state index is 10.2. The number of carboxylic acid groups (broad SMARTS) is 3. The molecule has 0 aliphatic carbocycles. The molecule has 8 heteroatoms. The van der Waals surface area contributed by atoms with E-state index in [0.717, 1.165) is 4.90 Å². The number of rotatable bonds is 6. The largest absolute Gasteiger partial charge is 0.480 e. The van der Waals surface area contributed by atoms with Crippen molar-refractivity contribution in [3.05, 3.63) is 0 Å². The molecule has 8 nitrogen and oxygen atoms in total. The van der Waals surface area contributed by atoms with E-state index in [9.17, 15) is 14.4 Å². The Kier molecular flexibility index (Phi) is 5.00. The number of hydrogen-bond donors (Lipinski definition) is 4. The Morgan fingerprint density at radius 1 is 1.00 bits per heavy atom. The Hall–Kier alpha value is -1.83. The first-order valence-corrected chi connectivity index (χ1v) is 3.54. The van der Waals surface area contributed by atoms with Crippen molar-refractivity contribution < 1.29 is 29.7 Å². The van der Waals surface area contributed by atoms with Gasteiger partial charge in [-0.25, -0.2) is 4.79 Å². The van der Waals surface area contributed by atoms with Crippen molar-refractivity contribution in [2.24, 2.45) is 0 Å².